The molecule has 7 nitrogen and oxygen atoms in total. The van der Waals surface area contributed by atoms with Gasteiger partial charge in [0.2, 0.25) is 18.6 Å². The summed E-state index contributed by atoms with van der Waals surface area (Å²) in [7, 11) is 0. The third-order valence-electron chi connectivity index (χ3n) is 5.32. The van der Waals surface area contributed by atoms with Gasteiger partial charge in [0.1, 0.15) is 5.75 Å². The SMILES string of the molecule is O=C(Nc1cccc2c(O)cccc12)C1CC(=O)N(c2ccc3c(c2)OCO3)C1. The molecule has 1 unspecified atom stereocenters. The van der Waals surface area contributed by atoms with Gasteiger partial charge in [-0.1, -0.05) is 24.3 Å². The Balaban J connectivity index is 1.35. The van der Waals surface area contributed by atoms with Crippen LogP contribution in [0.15, 0.2) is 54.6 Å². The summed E-state index contributed by atoms with van der Waals surface area (Å²) in [6.07, 6.45) is 0.135. The average molecular weight is 390 g/mol. The first-order valence-corrected chi connectivity index (χ1v) is 9.32. The van der Waals surface area contributed by atoms with Gasteiger partial charge in [0, 0.05) is 41.2 Å². The zero-order chi connectivity index (χ0) is 20.0. The largest absolute Gasteiger partial charge is 0.507 e. The van der Waals surface area contributed by atoms with E-state index < -0.39 is 5.92 Å². The minimum absolute atomic E-state index is 0.112. The lowest BCUT2D eigenvalue weighted by molar-refractivity contribution is -0.122. The van der Waals surface area contributed by atoms with Gasteiger partial charge >= 0.3 is 0 Å². The van der Waals surface area contributed by atoms with Crippen LogP contribution in [0.3, 0.4) is 0 Å². The fraction of sp³-hybridized carbons (Fsp3) is 0.182. The van der Waals surface area contributed by atoms with E-state index in [1.165, 1.54) is 0 Å². The highest BCUT2D eigenvalue weighted by molar-refractivity contribution is 6.07. The van der Waals surface area contributed by atoms with E-state index in [9.17, 15) is 14.7 Å². The average Bonchev–Trinajstić information content (AvgIpc) is 3.34. The lowest BCUT2D eigenvalue weighted by atomic mass is 10.1. The zero-order valence-electron chi connectivity index (χ0n) is 15.4. The molecule has 7 heteroatoms. The molecule has 1 fully saturated rings. The van der Waals surface area contributed by atoms with Crippen molar-refractivity contribution >= 4 is 34.0 Å². The number of hydrogen-bond donors (Lipinski definition) is 2. The number of anilines is 2. The van der Waals surface area contributed by atoms with Gasteiger partial charge in [-0.15, -0.1) is 0 Å². The highest BCUT2D eigenvalue weighted by Gasteiger charge is 2.36. The molecule has 2 aliphatic heterocycles. The van der Waals surface area contributed by atoms with Crippen LogP contribution in [0.1, 0.15) is 6.42 Å². The number of carbonyl (C=O) groups excluding carboxylic acids is 2. The molecule has 5 rings (SSSR count). The van der Waals surface area contributed by atoms with Gasteiger partial charge in [-0.05, 0) is 24.3 Å². The third kappa shape index (κ3) is 3.00. The van der Waals surface area contributed by atoms with Crippen LogP contribution in [0.4, 0.5) is 11.4 Å². The predicted molar refractivity (Wildman–Crippen MR) is 107 cm³/mol. The minimum atomic E-state index is -0.472. The first kappa shape index (κ1) is 17.4. The molecular weight excluding hydrogens is 372 g/mol. The van der Waals surface area contributed by atoms with Gasteiger partial charge in [-0.2, -0.15) is 0 Å². The van der Waals surface area contributed by atoms with Crippen LogP contribution in [0.5, 0.6) is 17.2 Å². The topological polar surface area (TPSA) is 88.1 Å². The van der Waals surface area contributed by atoms with Crippen molar-refractivity contribution in [3.8, 4) is 17.2 Å². The van der Waals surface area contributed by atoms with Gasteiger partial charge in [-0.25, -0.2) is 0 Å². The molecule has 0 aromatic heterocycles. The van der Waals surface area contributed by atoms with E-state index >= 15 is 0 Å². The summed E-state index contributed by atoms with van der Waals surface area (Å²) in [5.41, 5.74) is 1.29. The molecule has 0 aliphatic carbocycles. The van der Waals surface area contributed by atoms with E-state index in [0.29, 0.717) is 34.8 Å². The molecule has 0 spiro atoms. The fourth-order valence-corrected chi connectivity index (χ4v) is 3.82. The second-order valence-electron chi connectivity index (χ2n) is 7.11. The van der Waals surface area contributed by atoms with Gasteiger partial charge in [0.15, 0.2) is 11.5 Å². The van der Waals surface area contributed by atoms with Crippen LogP contribution < -0.4 is 19.7 Å². The van der Waals surface area contributed by atoms with Gasteiger partial charge in [-0.3, -0.25) is 9.59 Å². The number of carbonyl (C=O) groups is 2. The van der Waals surface area contributed by atoms with Crippen molar-refractivity contribution in [1.82, 2.24) is 0 Å². The van der Waals surface area contributed by atoms with Crippen LogP contribution in [0, 0.1) is 5.92 Å². The number of nitrogens with one attached hydrogen (secondary N) is 1. The van der Waals surface area contributed by atoms with Crippen molar-refractivity contribution in [3.63, 3.8) is 0 Å². The van der Waals surface area contributed by atoms with Crippen molar-refractivity contribution in [2.45, 2.75) is 6.42 Å². The standard InChI is InChI=1S/C22H18N2O5/c25-18-6-2-3-15-16(18)4-1-5-17(15)23-22(27)13-9-21(26)24(11-13)14-7-8-19-20(10-14)29-12-28-19/h1-8,10,13,25H,9,11-12H2,(H,23,27). The number of ether oxygens (including phenoxy) is 2. The number of phenols is 1. The number of nitrogens with zero attached hydrogens (tertiary/aromatic N) is 1. The first-order valence-electron chi connectivity index (χ1n) is 9.32. The molecule has 0 bridgehead atoms. The maximum Gasteiger partial charge on any atom is 0.231 e. The molecule has 2 heterocycles. The summed E-state index contributed by atoms with van der Waals surface area (Å²) in [4.78, 5) is 27.0. The van der Waals surface area contributed by atoms with E-state index in [0.717, 1.165) is 5.39 Å². The second kappa shape index (κ2) is 6.70. The molecule has 3 aromatic rings. The maximum atomic E-state index is 12.9. The molecule has 0 saturated carbocycles. The summed E-state index contributed by atoms with van der Waals surface area (Å²) in [6, 6.07) is 15.8. The smallest absolute Gasteiger partial charge is 0.231 e. The molecule has 146 valence electrons. The summed E-state index contributed by atoms with van der Waals surface area (Å²) < 4.78 is 10.7. The predicted octanol–water partition coefficient (Wildman–Crippen LogP) is 3.27. The Morgan fingerprint density at radius 3 is 2.72 bits per heavy atom. The molecule has 3 aromatic carbocycles. The van der Waals surface area contributed by atoms with Crippen molar-refractivity contribution in [2.24, 2.45) is 5.92 Å². The summed E-state index contributed by atoms with van der Waals surface area (Å²) in [5, 5.41) is 14.3. The Hall–Kier alpha value is -3.74. The van der Waals surface area contributed by atoms with Crippen LogP contribution in [0.2, 0.25) is 0 Å². The van der Waals surface area contributed by atoms with Gasteiger partial charge in [0.05, 0.1) is 5.92 Å². The number of hydrogen-bond acceptors (Lipinski definition) is 5. The Bertz CT molecular complexity index is 1140. The molecule has 0 radical (unpaired) electrons. The lowest BCUT2D eigenvalue weighted by Crippen LogP contribution is -2.28. The molecule has 29 heavy (non-hydrogen) atoms. The van der Waals surface area contributed by atoms with Crippen LogP contribution in [-0.2, 0) is 9.59 Å². The Morgan fingerprint density at radius 1 is 1.03 bits per heavy atom. The lowest BCUT2D eigenvalue weighted by Gasteiger charge is -2.17. The van der Waals surface area contributed by atoms with Crippen LogP contribution in [0.25, 0.3) is 10.8 Å². The molecule has 2 aliphatic rings. The first-order chi connectivity index (χ1) is 14.1. The maximum absolute atomic E-state index is 12.9. The fourth-order valence-electron chi connectivity index (χ4n) is 3.82. The summed E-state index contributed by atoms with van der Waals surface area (Å²) in [6.45, 7) is 0.457. The molecule has 1 atom stereocenters. The quantitative estimate of drug-likeness (QED) is 0.717. The van der Waals surface area contributed by atoms with E-state index in [4.69, 9.17) is 9.47 Å². The van der Waals surface area contributed by atoms with E-state index in [1.54, 1.807) is 53.4 Å². The number of rotatable bonds is 3. The normalized spacial score (nSPS) is 17.7. The monoisotopic (exact) mass is 390 g/mol. The Kier molecular flexibility index (Phi) is 4.01. The van der Waals surface area contributed by atoms with Crippen molar-refractivity contribution in [3.05, 3.63) is 54.6 Å². The zero-order valence-corrected chi connectivity index (χ0v) is 15.4. The number of aromatic hydroxyl groups is 1. The molecule has 1 saturated heterocycles. The summed E-state index contributed by atoms with van der Waals surface area (Å²) in [5.74, 6) is 0.591. The van der Waals surface area contributed by atoms with Crippen molar-refractivity contribution < 1.29 is 24.2 Å². The van der Waals surface area contributed by atoms with Gasteiger partial charge < -0.3 is 24.8 Å². The molecule has 2 amide bonds. The second-order valence-corrected chi connectivity index (χ2v) is 7.11. The number of phenolic OH excluding ortho intramolecular Hbond substituents is 1. The third-order valence-corrected chi connectivity index (χ3v) is 5.32. The highest BCUT2D eigenvalue weighted by atomic mass is 16.7. The Morgan fingerprint density at radius 2 is 1.83 bits per heavy atom. The van der Waals surface area contributed by atoms with E-state index in [2.05, 4.69) is 5.32 Å². The number of amides is 2. The minimum Gasteiger partial charge on any atom is -0.507 e. The van der Waals surface area contributed by atoms with Crippen LogP contribution >= 0.6 is 0 Å². The van der Waals surface area contributed by atoms with Crippen LogP contribution in [-0.4, -0.2) is 30.3 Å². The van der Waals surface area contributed by atoms with Crippen molar-refractivity contribution in [1.29, 1.82) is 0 Å². The molecular formula is C22H18N2O5. The van der Waals surface area contributed by atoms with E-state index in [-0.39, 0.29) is 30.8 Å². The van der Waals surface area contributed by atoms with Crippen molar-refractivity contribution in [2.75, 3.05) is 23.6 Å². The van der Waals surface area contributed by atoms with Gasteiger partial charge in [0.25, 0.3) is 0 Å². The number of fused-ring (bicyclic) bond motifs is 2. The number of benzene rings is 3. The Labute approximate surface area is 166 Å². The molecule has 2 N–H and O–H groups in total. The van der Waals surface area contributed by atoms with E-state index in [1.807, 2.05) is 6.07 Å². The highest BCUT2D eigenvalue weighted by Crippen LogP contribution is 2.37. The summed E-state index contributed by atoms with van der Waals surface area (Å²) >= 11 is 0.